The first kappa shape index (κ1) is 10.9. The minimum atomic E-state index is -0.142. The summed E-state index contributed by atoms with van der Waals surface area (Å²) >= 11 is 0. The van der Waals surface area contributed by atoms with Gasteiger partial charge in [0.25, 0.3) is 5.56 Å². The summed E-state index contributed by atoms with van der Waals surface area (Å²) in [5.74, 6) is 0.732. The number of hydrogen-bond donors (Lipinski definition) is 1. The van der Waals surface area contributed by atoms with Gasteiger partial charge in [0.1, 0.15) is 5.82 Å². The second kappa shape index (κ2) is 3.44. The number of rotatable bonds is 0. The molecule has 0 aliphatic heterocycles. The highest BCUT2D eigenvalue weighted by Gasteiger charge is 2.17. The highest BCUT2D eigenvalue weighted by Crippen LogP contribution is 2.19. The average molecular weight is 216 g/mol. The van der Waals surface area contributed by atoms with Crippen LogP contribution in [0.3, 0.4) is 0 Å². The molecule has 3 heteroatoms. The lowest BCUT2D eigenvalue weighted by atomic mass is 9.95. The number of nitrogens with one attached hydrogen (secondary N) is 1. The Balaban J connectivity index is 2.80. The smallest absolute Gasteiger partial charge is 0.258 e. The van der Waals surface area contributed by atoms with Crippen molar-refractivity contribution in [2.75, 3.05) is 0 Å². The number of benzene rings is 1. The molecule has 3 nitrogen and oxygen atoms in total. The predicted molar refractivity (Wildman–Crippen MR) is 65.8 cm³/mol. The lowest BCUT2D eigenvalue weighted by molar-refractivity contribution is 0.546. The van der Waals surface area contributed by atoms with Gasteiger partial charge in [-0.15, -0.1) is 0 Å². The SMILES string of the molecule is Cc1ccc2c(=O)[nH]c(C(C)(C)C)nc2c1. The van der Waals surface area contributed by atoms with Crippen LogP contribution in [0.2, 0.25) is 0 Å². The molecule has 0 aliphatic rings. The Morgan fingerprint density at radius 3 is 2.56 bits per heavy atom. The van der Waals surface area contributed by atoms with Crippen LogP contribution in [0.25, 0.3) is 10.9 Å². The fourth-order valence-corrected chi connectivity index (χ4v) is 1.60. The Labute approximate surface area is 94.5 Å². The molecule has 0 unspecified atom stereocenters. The third-order valence-electron chi connectivity index (χ3n) is 2.57. The van der Waals surface area contributed by atoms with E-state index in [0.717, 1.165) is 16.9 Å². The third kappa shape index (κ3) is 1.85. The zero-order valence-corrected chi connectivity index (χ0v) is 10.1. The van der Waals surface area contributed by atoms with Crippen molar-refractivity contribution in [1.29, 1.82) is 0 Å². The van der Waals surface area contributed by atoms with Gasteiger partial charge < -0.3 is 4.98 Å². The Morgan fingerprint density at radius 1 is 1.25 bits per heavy atom. The molecular formula is C13H16N2O. The van der Waals surface area contributed by atoms with E-state index < -0.39 is 0 Å². The largest absolute Gasteiger partial charge is 0.310 e. The highest BCUT2D eigenvalue weighted by molar-refractivity contribution is 5.78. The Bertz CT molecular complexity index is 591. The van der Waals surface area contributed by atoms with Gasteiger partial charge in [-0.2, -0.15) is 0 Å². The van der Waals surface area contributed by atoms with Crippen molar-refractivity contribution < 1.29 is 0 Å². The van der Waals surface area contributed by atoms with Gasteiger partial charge in [-0.1, -0.05) is 26.8 Å². The molecule has 0 saturated carbocycles. The van der Waals surface area contributed by atoms with Crippen molar-refractivity contribution in [2.24, 2.45) is 0 Å². The first-order valence-corrected chi connectivity index (χ1v) is 5.39. The fourth-order valence-electron chi connectivity index (χ4n) is 1.60. The second-order valence-corrected chi connectivity index (χ2v) is 5.19. The van der Waals surface area contributed by atoms with E-state index in [9.17, 15) is 4.79 Å². The number of aryl methyl sites for hydroxylation is 1. The summed E-state index contributed by atoms with van der Waals surface area (Å²) < 4.78 is 0. The molecule has 1 N–H and O–H groups in total. The summed E-state index contributed by atoms with van der Waals surface area (Å²) in [5, 5.41) is 0.651. The van der Waals surface area contributed by atoms with E-state index in [1.54, 1.807) is 0 Å². The van der Waals surface area contributed by atoms with E-state index in [-0.39, 0.29) is 11.0 Å². The molecule has 1 aromatic carbocycles. The van der Waals surface area contributed by atoms with Crippen molar-refractivity contribution >= 4 is 10.9 Å². The van der Waals surface area contributed by atoms with E-state index in [0.29, 0.717) is 5.39 Å². The number of fused-ring (bicyclic) bond motifs is 1. The van der Waals surface area contributed by atoms with Gasteiger partial charge in [0, 0.05) is 5.41 Å². The molecule has 0 saturated heterocycles. The molecule has 0 spiro atoms. The van der Waals surface area contributed by atoms with Gasteiger partial charge in [0.05, 0.1) is 10.9 Å². The normalized spacial score (nSPS) is 12.0. The van der Waals surface area contributed by atoms with Crippen LogP contribution in [-0.4, -0.2) is 9.97 Å². The summed E-state index contributed by atoms with van der Waals surface area (Å²) in [6.07, 6.45) is 0. The molecule has 0 amide bonds. The van der Waals surface area contributed by atoms with Crippen LogP contribution in [0.5, 0.6) is 0 Å². The van der Waals surface area contributed by atoms with Gasteiger partial charge in [-0.25, -0.2) is 4.98 Å². The molecule has 1 aromatic heterocycles. The molecule has 0 fully saturated rings. The van der Waals surface area contributed by atoms with Gasteiger partial charge in [0.15, 0.2) is 0 Å². The quantitative estimate of drug-likeness (QED) is 0.735. The second-order valence-electron chi connectivity index (χ2n) is 5.19. The van der Waals surface area contributed by atoms with Crippen LogP contribution in [0.1, 0.15) is 32.2 Å². The van der Waals surface area contributed by atoms with Gasteiger partial charge in [-0.3, -0.25) is 4.79 Å². The Morgan fingerprint density at radius 2 is 1.94 bits per heavy atom. The van der Waals surface area contributed by atoms with Gasteiger partial charge >= 0.3 is 0 Å². The van der Waals surface area contributed by atoms with E-state index in [1.807, 2.05) is 45.9 Å². The molecule has 2 rings (SSSR count). The number of aromatic nitrogens is 2. The maximum atomic E-state index is 11.9. The number of hydrogen-bond acceptors (Lipinski definition) is 2. The summed E-state index contributed by atoms with van der Waals surface area (Å²) in [7, 11) is 0. The maximum Gasteiger partial charge on any atom is 0.258 e. The Kier molecular flexibility index (Phi) is 2.34. The van der Waals surface area contributed by atoms with Crippen molar-refractivity contribution in [1.82, 2.24) is 9.97 Å². The maximum absolute atomic E-state index is 11.9. The molecule has 0 aliphatic carbocycles. The number of nitrogens with zero attached hydrogens (tertiary/aromatic N) is 1. The van der Waals surface area contributed by atoms with Crippen LogP contribution < -0.4 is 5.56 Å². The van der Waals surface area contributed by atoms with E-state index in [2.05, 4.69) is 9.97 Å². The van der Waals surface area contributed by atoms with Gasteiger partial charge in [-0.05, 0) is 24.6 Å². The number of H-pyrrole nitrogens is 1. The molecule has 0 atom stereocenters. The molecule has 0 bridgehead atoms. The van der Waals surface area contributed by atoms with Crippen molar-refractivity contribution in [3.8, 4) is 0 Å². The summed E-state index contributed by atoms with van der Waals surface area (Å²) in [4.78, 5) is 19.2. The monoisotopic (exact) mass is 216 g/mol. The Hall–Kier alpha value is -1.64. The first-order chi connectivity index (χ1) is 7.38. The molecular weight excluding hydrogens is 200 g/mol. The van der Waals surface area contributed by atoms with Crippen LogP contribution >= 0.6 is 0 Å². The first-order valence-electron chi connectivity index (χ1n) is 5.39. The lowest BCUT2D eigenvalue weighted by Crippen LogP contribution is -2.22. The van der Waals surface area contributed by atoms with Crippen LogP contribution in [0.4, 0.5) is 0 Å². The van der Waals surface area contributed by atoms with Crippen molar-refractivity contribution in [3.63, 3.8) is 0 Å². The van der Waals surface area contributed by atoms with Gasteiger partial charge in [0.2, 0.25) is 0 Å². The highest BCUT2D eigenvalue weighted by atomic mass is 16.1. The zero-order chi connectivity index (χ0) is 11.9. The molecule has 84 valence electrons. The van der Waals surface area contributed by atoms with Crippen LogP contribution in [0, 0.1) is 6.92 Å². The topological polar surface area (TPSA) is 45.8 Å². The number of aromatic amines is 1. The van der Waals surface area contributed by atoms with Crippen LogP contribution in [0.15, 0.2) is 23.0 Å². The summed E-state index contributed by atoms with van der Waals surface area (Å²) in [6.45, 7) is 8.10. The lowest BCUT2D eigenvalue weighted by Gasteiger charge is -2.17. The summed E-state index contributed by atoms with van der Waals surface area (Å²) in [5.41, 5.74) is 1.69. The molecule has 0 radical (unpaired) electrons. The third-order valence-corrected chi connectivity index (χ3v) is 2.57. The minimum Gasteiger partial charge on any atom is -0.310 e. The molecule has 2 aromatic rings. The van der Waals surface area contributed by atoms with Crippen LogP contribution in [-0.2, 0) is 5.41 Å². The average Bonchev–Trinajstić information content (AvgIpc) is 2.15. The van der Waals surface area contributed by atoms with E-state index >= 15 is 0 Å². The van der Waals surface area contributed by atoms with E-state index in [4.69, 9.17) is 0 Å². The summed E-state index contributed by atoms with van der Waals surface area (Å²) in [6, 6.07) is 5.69. The minimum absolute atomic E-state index is 0.0603. The van der Waals surface area contributed by atoms with Crippen molar-refractivity contribution in [3.05, 3.63) is 39.9 Å². The standard InChI is InChI=1S/C13H16N2O/c1-8-5-6-9-10(7-8)14-12(13(2,3)4)15-11(9)16/h5-7H,1-4H3,(H,14,15,16). The predicted octanol–water partition coefficient (Wildman–Crippen LogP) is 2.53. The molecule has 1 heterocycles. The molecule has 16 heavy (non-hydrogen) atoms. The van der Waals surface area contributed by atoms with E-state index in [1.165, 1.54) is 0 Å². The fraction of sp³-hybridized carbons (Fsp3) is 0.385. The van der Waals surface area contributed by atoms with Crippen molar-refractivity contribution in [2.45, 2.75) is 33.1 Å². The zero-order valence-electron chi connectivity index (χ0n) is 10.1.